The molecule has 0 amide bonds. The highest BCUT2D eigenvalue weighted by molar-refractivity contribution is 5.36. The second-order valence-electron chi connectivity index (χ2n) is 5.74. The SMILES string of the molecule is CCCNC(c1cccc(OC2CC2)c1)c1occc1C. The highest BCUT2D eigenvalue weighted by atomic mass is 16.5. The van der Waals surface area contributed by atoms with Crippen LogP contribution in [0.4, 0.5) is 0 Å². The molecule has 1 N–H and O–H groups in total. The van der Waals surface area contributed by atoms with Crippen molar-refractivity contribution in [2.24, 2.45) is 0 Å². The lowest BCUT2D eigenvalue weighted by molar-refractivity contribution is 0.302. The van der Waals surface area contributed by atoms with Gasteiger partial charge in [-0.15, -0.1) is 0 Å². The Balaban J connectivity index is 1.86. The van der Waals surface area contributed by atoms with Gasteiger partial charge in [0, 0.05) is 0 Å². The quantitative estimate of drug-likeness (QED) is 0.827. The Bertz CT molecular complexity index is 586. The fraction of sp³-hybridized carbons (Fsp3) is 0.444. The molecule has 0 aliphatic heterocycles. The maximum Gasteiger partial charge on any atom is 0.128 e. The van der Waals surface area contributed by atoms with Crippen LogP contribution in [-0.2, 0) is 0 Å². The number of furan rings is 1. The molecule has 0 bridgehead atoms. The van der Waals surface area contributed by atoms with E-state index < -0.39 is 0 Å². The van der Waals surface area contributed by atoms with Crippen LogP contribution < -0.4 is 10.1 Å². The molecule has 3 heteroatoms. The van der Waals surface area contributed by atoms with Crippen molar-refractivity contribution in [1.29, 1.82) is 0 Å². The Hall–Kier alpha value is -1.74. The summed E-state index contributed by atoms with van der Waals surface area (Å²) >= 11 is 0. The lowest BCUT2D eigenvalue weighted by atomic mass is 10.0. The highest BCUT2D eigenvalue weighted by Crippen LogP contribution is 2.31. The van der Waals surface area contributed by atoms with Crippen molar-refractivity contribution in [2.75, 3.05) is 6.54 Å². The van der Waals surface area contributed by atoms with Gasteiger partial charge in [0.2, 0.25) is 0 Å². The second-order valence-corrected chi connectivity index (χ2v) is 5.74. The van der Waals surface area contributed by atoms with Crippen LogP contribution in [0.15, 0.2) is 41.0 Å². The largest absolute Gasteiger partial charge is 0.490 e. The lowest BCUT2D eigenvalue weighted by Crippen LogP contribution is -2.23. The number of ether oxygens (including phenoxy) is 1. The molecule has 112 valence electrons. The third-order valence-corrected chi connectivity index (χ3v) is 3.78. The standard InChI is InChI=1S/C18H23NO2/c1-3-10-19-17(18-13(2)9-11-20-18)14-5-4-6-16(12-14)21-15-7-8-15/h4-6,9,11-12,15,17,19H,3,7-8,10H2,1-2H3. The first-order chi connectivity index (χ1) is 10.3. The molecule has 1 heterocycles. The van der Waals surface area contributed by atoms with E-state index in [-0.39, 0.29) is 6.04 Å². The zero-order valence-electron chi connectivity index (χ0n) is 12.8. The van der Waals surface area contributed by atoms with Gasteiger partial charge in [0.25, 0.3) is 0 Å². The number of aryl methyl sites for hydroxylation is 1. The van der Waals surface area contributed by atoms with Gasteiger partial charge in [-0.2, -0.15) is 0 Å². The van der Waals surface area contributed by atoms with Crippen molar-refractivity contribution in [3.8, 4) is 5.75 Å². The van der Waals surface area contributed by atoms with E-state index in [2.05, 4.69) is 37.4 Å². The molecule has 0 spiro atoms. The number of hydrogen-bond acceptors (Lipinski definition) is 3. The molecule has 1 aromatic carbocycles. The Kier molecular flexibility index (Phi) is 4.30. The Morgan fingerprint density at radius 2 is 2.19 bits per heavy atom. The normalized spacial score (nSPS) is 15.9. The van der Waals surface area contributed by atoms with E-state index in [9.17, 15) is 0 Å². The molecule has 1 unspecified atom stereocenters. The molecule has 0 saturated heterocycles. The van der Waals surface area contributed by atoms with Gasteiger partial charge in [-0.25, -0.2) is 0 Å². The fourth-order valence-electron chi connectivity index (χ4n) is 2.48. The minimum Gasteiger partial charge on any atom is -0.490 e. The molecule has 1 fully saturated rings. The van der Waals surface area contributed by atoms with Crippen LogP contribution >= 0.6 is 0 Å². The zero-order chi connectivity index (χ0) is 14.7. The van der Waals surface area contributed by atoms with Crippen LogP contribution in [0.25, 0.3) is 0 Å². The Morgan fingerprint density at radius 3 is 2.86 bits per heavy atom. The third kappa shape index (κ3) is 3.48. The van der Waals surface area contributed by atoms with Crippen LogP contribution in [0, 0.1) is 6.92 Å². The summed E-state index contributed by atoms with van der Waals surface area (Å²) in [4.78, 5) is 0. The summed E-state index contributed by atoms with van der Waals surface area (Å²) in [6, 6.07) is 10.5. The van der Waals surface area contributed by atoms with E-state index in [1.165, 1.54) is 24.0 Å². The van der Waals surface area contributed by atoms with Gasteiger partial charge in [-0.3, -0.25) is 0 Å². The van der Waals surface area contributed by atoms with Crippen molar-refractivity contribution in [3.63, 3.8) is 0 Å². The van der Waals surface area contributed by atoms with Crippen LogP contribution in [0.3, 0.4) is 0 Å². The van der Waals surface area contributed by atoms with E-state index in [1.54, 1.807) is 6.26 Å². The summed E-state index contributed by atoms with van der Waals surface area (Å²) in [5.41, 5.74) is 2.37. The first kappa shape index (κ1) is 14.2. The topological polar surface area (TPSA) is 34.4 Å². The van der Waals surface area contributed by atoms with Crippen molar-refractivity contribution in [2.45, 2.75) is 45.3 Å². The van der Waals surface area contributed by atoms with E-state index >= 15 is 0 Å². The summed E-state index contributed by atoms with van der Waals surface area (Å²) in [7, 11) is 0. The van der Waals surface area contributed by atoms with Crippen molar-refractivity contribution in [1.82, 2.24) is 5.32 Å². The molecular formula is C18H23NO2. The van der Waals surface area contributed by atoms with Gasteiger partial charge in [0.05, 0.1) is 18.4 Å². The first-order valence-electron chi connectivity index (χ1n) is 7.82. The summed E-state index contributed by atoms with van der Waals surface area (Å²) < 4.78 is 11.6. The van der Waals surface area contributed by atoms with Crippen LogP contribution in [0.5, 0.6) is 5.75 Å². The first-order valence-corrected chi connectivity index (χ1v) is 7.82. The number of nitrogens with one attached hydrogen (secondary N) is 1. The smallest absolute Gasteiger partial charge is 0.128 e. The minimum atomic E-state index is 0.0858. The summed E-state index contributed by atoms with van der Waals surface area (Å²) in [5.74, 6) is 1.95. The summed E-state index contributed by atoms with van der Waals surface area (Å²) in [5, 5.41) is 3.58. The van der Waals surface area contributed by atoms with Gasteiger partial charge in [-0.05, 0) is 62.1 Å². The molecule has 2 aromatic rings. The maximum atomic E-state index is 5.91. The number of hydrogen-bond donors (Lipinski definition) is 1. The summed E-state index contributed by atoms with van der Waals surface area (Å²) in [6.45, 7) is 5.22. The highest BCUT2D eigenvalue weighted by Gasteiger charge is 2.24. The van der Waals surface area contributed by atoms with Crippen LogP contribution in [-0.4, -0.2) is 12.6 Å². The van der Waals surface area contributed by atoms with E-state index in [4.69, 9.17) is 9.15 Å². The molecule has 3 nitrogen and oxygen atoms in total. The monoisotopic (exact) mass is 285 g/mol. The number of rotatable bonds is 7. The number of benzene rings is 1. The van der Waals surface area contributed by atoms with Gasteiger partial charge >= 0.3 is 0 Å². The average molecular weight is 285 g/mol. The van der Waals surface area contributed by atoms with Crippen molar-refractivity contribution >= 4 is 0 Å². The van der Waals surface area contributed by atoms with Gasteiger partial charge in [0.1, 0.15) is 11.5 Å². The van der Waals surface area contributed by atoms with E-state index in [1.807, 2.05) is 12.1 Å². The minimum absolute atomic E-state index is 0.0858. The molecule has 3 rings (SSSR count). The third-order valence-electron chi connectivity index (χ3n) is 3.78. The molecule has 0 radical (unpaired) electrons. The van der Waals surface area contributed by atoms with Crippen LogP contribution in [0.2, 0.25) is 0 Å². The molecular weight excluding hydrogens is 262 g/mol. The second kappa shape index (κ2) is 6.35. The Labute approximate surface area is 126 Å². The molecule has 1 aliphatic carbocycles. The molecule has 21 heavy (non-hydrogen) atoms. The molecule has 1 atom stereocenters. The maximum absolute atomic E-state index is 5.91. The molecule has 1 aromatic heterocycles. The average Bonchev–Trinajstić information content (AvgIpc) is 3.20. The van der Waals surface area contributed by atoms with E-state index in [0.29, 0.717) is 6.10 Å². The van der Waals surface area contributed by atoms with Gasteiger partial charge in [0.15, 0.2) is 0 Å². The fourth-order valence-corrected chi connectivity index (χ4v) is 2.48. The Morgan fingerprint density at radius 1 is 1.33 bits per heavy atom. The van der Waals surface area contributed by atoms with E-state index in [0.717, 1.165) is 24.5 Å². The summed E-state index contributed by atoms with van der Waals surface area (Å²) in [6.07, 6.45) is 5.63. The van der Waals surface area contributed by atoms with Crippen molar-refractivity contribution < 1.29 is 9.15 Å². The lowest BCUT2D eigenvalue weighted by Gasteiger charge is -2.19. The molecule has 1 aliphatic rings. The zero-order valence-corrected chi connectivity index (χ0v) is 12.8. The van der Waals surface area contributed by atoms with Gasteiger partial charge < -0.3 is 14.5 Å². The predicted octanol–water partition coefficient (Wildman–Crippen LogP) is 4.22. The molecule has 1 saturated carbocycles. The predicted molar refractivity (Wildman–Crippen MR) is 83.7 cm³/mol. The van der Waals surface area contributed by atoms with Crippen molar-refractivity contribution in [3.05, 3.63) is 53.5 Å². The van der Waals surface area contributed by atoms with Crippen LogP contribution in [0.1, 0.15) is 49.1 Å². The van der Waals surface area contributed by atoms with Gasteiger partial charge in [-0.1, -0.05) is 19.1 Å².